The fourth-order valence-corrected chi connectivity index (χ4v) is 2.95. The molecule has 24 heavy (non-hydrogen) atoms. The van der Waals surface area contributed by atoms with Gasteiger partial charge in [0.2, 0.25) is 0 Å². The second-order valence-corrected chi connectivity index (χ2v) is 6.13. The molecule has 4 nitrogen and oxygen atoms in total. The van der Waals surface area contributed by atoms with E-state index < -0.39 is 0 Å². The lowest BCUT2D eigenvalue weighted by molar-refractivity contribution is 0.0949. The van der Waals surface area contributed by atoms with Gasteiger partial charge in [0.1, 0.15) is 0 Å². The summed E-state index contributed by atoms with van der Waals surface area (Å²) in [6.45, 7) is 3.09. The van der Waals surface area contributed by atoms with Gasteiger partial charge in [-0.05, 0) is 43.5 Å². The first-order valence-electron chi connectivity index (χ1n) is 8.33. The highest BCUT2D eigenvalue weighted by Crippen LogP contribution is 2.47. The summed E-state index contributed by atoms with van der Waals surface area (Å²) in [6, 6.07) is 15.7. The quantitative estimate of drug-likeness (QED) is 0.847. The second-order valence-electron chi connectivity index (χ2n) is 6.13. The van der Waals surface area contributed by atoms with Gasteiger partial charge in [-0.25, -0.2) is 0 Å². The Balaban J connectivity index is 1.68. The molecule has 1 saturated carbocycles. The molecule has 0 radical (unpaired) electrons. The van der Waals surface area contributed by atoms with Crippen molar-refractivity contribution < 1.29 is 14.3 Å². The highest BCUT2D eigenvalue weighted by molar-refractivity contribution is 5.95. The van der Waals surface area contributed by atoms with Gasteiger partial charge in [-0.1, -0.05) is 30.3 Å². The summed E-state index contributed by atoms with van der Waals surface area (Å²) >= 11 is 0. The largest absolute Gasteiger partial charge is 0.493 e. The standard InChI is InChI=1S/C20H23NO3/c1-3-24-18-13-15(9-10-17(18)23-2)19(22)21-14-20(11-12-20)16-7-5-4-6-8-16/h4-10,13H,3,11-12,14H2,1-2H3,(H,21,22). The smallest absolute Gasteiger partial charge is 0.251 e. The minimum atomic E-state index is -0.0826. The van der Waals surface area contributed by atoms with Crippen LogP contribution in [0.2, 0.25) is 0 Å². The van der Waals surface area contributed by atoms with Crippen molar-refractivity contribution in [3.8, 4) is 11.5 Å². The molecule has 126 valence electrons. The van der Waals surface area contributed by atoms with Crippen LogP contribution in [0.5, 0.6) is 11.5 Å². The molecule has 1 fully saturated rings. The zero-order valence-corrected chi connectivity index (χ0v) is 14.2. The van der Waals surface area contributed by atoms with Gasteiger partial charge in [0, 0.05) is 17.5 Å². The molecule has 1 amide bonds. The Kier molecular flexibility index (Phi) is 4.74. The molecule has 1 aliphatic carbocycles. The van der Waals surface area contributed by atoms with E-state index >= 15 is 0 Å². The van der Waals surface area contributed by atoms with Crippen LogP contribution in [-0.4, -0.2) is 26.2 Å². The third kappa shape index (κ3) is 3.37. The van der Waals surface area contributed by atoms with Gasteiger partial charge in [0.05, 0.1) is 13.7 Å². The Labute approximate surface area is 142 Å². The Morgan fingerprint density at radius 2 is 1.88 bits per heavy atom. The number of carbonyl (C=O) groups excluding carboxylic acids is 1. The second kappa shape index (κ2) is 6.95. The van der Waals surface area contributed by atoms with Crippen molar-refractivity contribution in [2.24, 2.45) is 0 Å². The lowest BCUT2D eigenvalue weighted by atomic mass is 9.96. The third-order valence-corrected chi connectivity index (χ3v) is 4.55. The summed E-state index contributed by atoms with van der Waals surface area (Å²) in [5.74, 6) is 1.15. The van der Waals surface area contributed by atoms with Gasteiger partial charge < -0.3 is 14.8 Å². The number of methoxy groups -OCH3 is 1. The molecular formula is C20H23NO3. The monoisotopic (exact) mass is 325 g/mol. The van der Waals surface area contributed by atoms with E-state index in [2.05, 4.69) is 29.6 Å². The highest BCUT2D eigenvalue weighted by Gasteiger charge is 2.44. The summed E-state index contributed by atoms with van der Waals surface area (Å²) in [5.41, 5.74) is 1.99. The molecule has 0 atom stereocenters. The molecule has 0 aliphatic heterocycles. The van der Waals surface area contributed by atoms with E-state index in [1.165, 1.54) is 5.56 Å². The van der Waals surface area contributed by atoms with E-state index in [0.717, 1.165) is 12.8 Å². The van der Waals surface area contributed by atoms with Crippen LogP contribution in [0.4, 0.5) is 0 Å². The minimum Gasteiger partial charge on any atom is -0.493 e. The molecule has 0 heterocycles. The van der Waals surface area contributed by atoms with Gasteiger partial charge in [-0.15, -0.1) is 0 Å². The van der Waals surface area contributed by atoms with Crippen LogP contribution in [0.1, 0.15) is 35.7 Å². The zero-order valence-electron chi connectivity index (χ0n) is 14.2. The van der Waals surface area contributed by atoms with Crippen molar-refractivity contribution in [2.45, 2.75) is 25.2 Å². The average molecular weight is 325 g/mol. The molecule has 1 N–H and O–H groups in total. The maximum absolute atomic E-state index is 12.5. The summed E-state index contributed by atoms with van der Waals surface area (Å²) < 4.78 is 10.8. The number of hydrogen-bond donors (Lipinski definition) is 1. The molecule has 3 rings (SSSR count). The minimum absolute atomic E-state index is 0.0826. The van der Waals surface area contributed by atoms with Gasteiger partial charge in [0.15, 0.2) is 11.5 Å². The zero-order chi connectivity index (χ0) is 17.0. The van der Waals surface area contributed by atoms with Gasteiger partial charge in [-0.2, -0.15) is 0 Å². The molecular weight excluding hydrogens is 302 g/mol. The first-order chi connectivity index (χ1) is 11.7. The Bertz CT molecular complexity index is 708. The van der Waals surface area contributed by atoms with E-state index in [4.69, 9.17) is 9.47 Å². The summed E-state index contributed by atoms with van der Waals surface area (Å²) in [4.78, 5) is 12.5. The lowest BCUT2D eigenvalue weighted by Crippen LogP contribution is -2.32. The number of amides is 1. The van der Waals surface area contributed by atoms with E-state index in [-0.39, 0.29) is 11.3 Å². The van der Waals surface area contributed by atoms with Crippen LogP contribution in [0, 0.1) is 0 Å². The Morgan fingerprint density at radius 3 is 2.50 bits per heavy atom. The number of hydrogen-bond acceptors (Lipinski definition) is 3. The number of benzene rings is 2. The van der Waals surface area contributed by atoms with Crippen molar-refractivity contribution in [1.29, 1.82) is 0 Å². The van der Waals surface area contributed by atoms with Crippen molar-refractivity contribution >= 4 is 5.91 Å². The maximum Gasteiger partial charge on any atom is 0.251 e. The molecule has 0 bridgehead atoms. The number of rotatable bonds is 7. The first-order valence-corrected chi connectivity index (χ1v) is 8.33. The Morgan fingerprint density at radius 1 is 1.12 bits per heavy atom. The average Bonchev–Trinajstić information content (AvgIpc) is 3.42. The summed E-state index contributed by atoms with van der Waals surface area (Å²) in [6.07, 6.45) is 2.23. The lowest BCUT2D eigenvalue weighted by Gasteiger charge is -2.17. The summed E-state index contributed by atoms with van der Waals surface area (Å²) in [5, 5.41) is 3.07. The molecule has 4 heteroatoms. The number of carbonyl (C=O) groups is 1. The maximum atomic E-state index is 12.5. The van der Waals surface area contributed by atoms with Crippen LogP contribution in [0.15, 0.2) is 48.5 Å². The number of nitrogens with one attached hydrogen (secondary N) is 1. The SMILES string of the molecule is CCOc1cc(C(=O)NCC2(c3ccccc3)CC2)ccc1OC. The molecule has 0 saturated heterocycles. The van der Waals surface area contributed by atoms with Crippen molar-refractivity contribution in [2.75, 3.05) is 20.3 Å². The predicted molar refractivity (Wildman–Crippen MR) is 93.9 cm³/mol. The van der Waals surface area contributed by atoms with Gasteiger partial charge in [-0.3, -0.25) is 4.79 Å². The van der Waals surface area contributed by atoms with Crippen molar-refractivity contribution in [1.82, 2.24) is 5.32 Å². The third-order valence-electron chi connectivity index (χ3n) is 4.55. The molecule has 0 unspecified atom stereocenters. The topological polar surface area (TPSA) is 47.6 Å². The van der Waals surface area contributed by atoms with E-state index in [9.17, 15) is 4.79 Å². The van der Waals surface area contributed by atoms with E-state index in [1.807, 2.05) is 13.0 Å². The highest BCUT2D eigenvalue weighted by atomic mass is 16.5. The molecule has 2 aromatic rings. The van der Waals surface area contributed by atoms with E-state index in [1.54, 1.807) is 25.3 Å². The summed E-state index contributed by atoms with van der Waals surface area (Å²) in [7, 11) is 1.59. The van der Waals surface area contributed by atoms with Crippen molar-refractivity contribution in [3.05, 3.63) is 59.7 Å². The van der Waals surface area contributed by atoms with Crippen LogP contribution in [0.25, 0.3) is 0 Å². The first kappa shape index (κ1) is 16.4. The Hall–Kier alpha value is -2.49. The van der Waals surface area contributed by atoms with Gasteiger partial charge in [0.25, 0.3) is 5.91 Å². The van der Waals surface area contributed by atoms with Crippen LogP contribution in [-0.2, 0) is 5.41 Å². The molecule has 1 aliphatic rings. The number of ether oxygens (including phenoxy) is 2. The van der Waals surface area contributed by atoms with Crippen molar-refractivity contribution in [3.63, 3.8) is 0 Å². The van der Waals surface area contributed by atoms with Crippen LogP contribution in [0.3, 0.4) is 0 Å². The molecule has 0 aromatic heterocycles. The van der Waals surface area contributed by atoms with Crippen LogP contribution >= 0.6 is 0 Å². The fourth-order valence-electron chi connectivity index (χ4n) is 2.95. The van der Waals surface area contributed by atoms with Crippen LogP contribution < -0.4 is 14.8 Å². The molecule has 0 spiro atoms. The molecule has 2 aromatic carbocycles. The normalized spacial score (nSPS) is 14.8. The predicted octanol–water partition coefficient (Wildman–Crippen LogP) is 3.56. The van der Waals surface area contributed by atoms with E-state index in [0.29, 0.717) is 30.2 Å². The fraction of sp³-hybridized carbons (Fsp3) is 0.350. The van der Waals surface area contributed by atoms with Gasteiger partial charge >= 0.3 is 0 Å².